The molecule has 5 heteroatoms. The predicted molar refractivity (Wildman–Crippen MR) is 118 cm³/mol. The Balaban J connectivity index is 1.62. The molecular weight excluding hydrogens is 398 g/mol. The number of carbonyl (C=O) groups is 1. The molecule has 0 fully saturated rings. The first kappa shape index (κ1) is 22.5. The summed E-state index contributed by atoms with van der Waals surface area (Å²) in [6.07, 6.45) is -1.54. The molecule has 162 valence electrons. The van der Waals surface area contributed by atoms with Gasteiger partial charge in [-0.1, -0.05) is 54.1 Å². The zero-order valence-electron chi connectivity index (χ0n) is 17.7. The summed E-state index contributed by atoms with van der Waals surface area (Å²) in [5.74, 6) is -1.15. The minimum absolute atomic E-state index is 0.0894. The van der Waals surface area contributed by atoms with Gasteiger partial charge in [0.15, 0.2) is 5.78 Å². The fourth-order valence-corrected chi connectivity index (χ4v) is 3.50. The van der Waals surface area contributed by atoms with Gasteiger partial charge in [-0.25, -0.2) is 8.78 Å². The Kier molecular flexibility index (Phi) is 7.40. The zero-order valence-corrected chi connectivity index (χ0v) is 17.7. The summed E-state index contributed by atoms with van der Waals surface area (Å²) >= 11 is 0. The summed E-state index contributed by atoms with van der Waals surface area (Å²) in [5.41, 5.74) is 3.86. The Bertz CT molecular complexity index is 1030. The molecule has 0 atom stereocenters. The Morgan fingerprint density at radius 1 is 0.968 bits per heavy atom. The minimum atomic E-state index is -2.93. The molecular formula is C26H26F2O3. The molecule has 0 unspecified atom stereocenters. The molecule has 31 heavy (non-hydrogen) atoms. The van der Waals surface area contributed by atoms with Crippen molar-refractivity contribution >= 4 is 5.78 Å². The average Bonchev–Trinajstić information content (AvgIpc) is 2.75. The molecule has 3 aromatic carbocycles. The molecule has 0 bridgehead atoms. The lowest BCUT2D eigenvalue weighted by Gasteiger charge is -2.14. The molecule has 1 N–H and O–H groups in total. The van der Waals surface area contributed by atoms with Gasteiger partial charge in [0.05, 0.1) is 12.2 Å². The van der Waals surface area contributed by atoms with Crippen LogP contribution in [-0.2, 0) is 6.42 Å². The highest BCUT2D eigenvalue weighted by Gasteiger charge is 2.24. The van der Waals surface area contributed by atoms with Crippen LogP contribution in [0.25, 0.3) is 11.1 Å². The smallest absolute Gasteiger partial charge is 0.271 e. The van der Waals surface area contributed by atoms with Gasteiger partial charge in [-0.05, 0) is 55.5 Å². The number of ether oxygens (including phenoxy) is 1. The van der Waals surface area contributed by atoms with E-state index < -0.39 is 17.7 Å². The Labute approximate surface area is 181 Å². The Morgan fingerprint density at radius 3 is 2.16 bits per heavy atom. The van der Waals surface area contributed by atoms with E-state index in [-0.39, 0.29) is 30.1 Å². The number of benzene rings is 3. The van der Waals surface area contributed by atoms with E-state index in [0.717, 1.165) is 16.7 Å². The van der Waals surface area contributed by atoms with Crippen LogP contribution in [0.15, 0.2) is 60.7 Å². The maximum Gasteiger partial charge on any atom is 0.271 e. The van der Waals surface area contributed by atoms with E-state index in [1.807, 2.05) is 12.1 Å². The highest BCUT2D eigenvalue weighted by atomic mass is 19.3. The van der Waals surface area contributed by atoms with E-state index in [2.05, 4.69) is 43.3 Å². The van der Waals surface area contributed by atoms with Gasteiger partial charge in [0, 0.05) is 6.42 Å². The van der Waals surface area contributed by atoms with Gasteiger partial charge in [0.2, 0.25) is 0 Å². The number of phenolic OH excluding ortho intramolecular Hbond substituents is 1. The third-order valence-electron chi connectivity index (χ3n) is 5.20. The first-order valence-electron chi connectivity index (χ1n) is 10.4. The standard InChI is InChI=1S/C26H26F2O3/c1-3-31-23-16-15-21(25(30)24(23)26(27)28)22(29)6-4-5-18-9-13-20(14-10-18)19-11-7-17(2)8-12-19/h7-16,26,30H,3-6H2,1-2H3. The lowest BCUT2D eigenvalue weighted by atomic mass is 9.98. The molecule has 0 radical (unpaired) electrons. The van der Waals surface area contributed by atoms with Crippen LogP contribution in [0.4, 0.5) is 8.78 Å². The second kappa shape index (κ2) is 10.2. The maximum atomic E-state index is 13.4. The summed E-state index contributed by atoms with van der Waals surface area (Å²) in [4.78, 5) is 12.5. The number of Topliss-reactive ketones (excluding diaryl/α,β-unsaturated/α-hetero) is 1. The number of hydrogen-bond acceptors (Lipinski definition) is 3. The molecule has 0 saturated carbocycles. The molecule has 0 saturated heterocycles. The summed E-state index contributed by atoms with van der Waals surface area (Å²) in [6.45, 7) is 3.91. The van der Waals surface area contributed by atoms with E-state index in [4.69, 9.17) is 4.74 Å². The van der Waals surface area contributed by atoms with Crippen LogP contribution < -0.4 is 4.74 Å². The van der Waals surface area contributed by atoms with Crippen molar-refractivity contribution in [2.75, 3.05) is 6.61 Å². The van der Waals surface area contributed by atoms with E-state index in [1.54, 1.807) is 6.92 Å². The molecule has 0 spiro atoms. The second-order valence-corrected chi connectivity index (χ2v) is 7.45. The third-order valence-corrected chi connectivity index (χ3v) is 5.20. The van der Waals surface area contributed by atoms with Crippen molar-refractivity contribution in [3.8, 4) is 22.6 Å². The Morgan fingerprint density at radius 2 is 1.58 bits per heavy atom. The van der Waals surface area contributed by atoms with E-state index in [9.17, 15) is 18.7 Å². The molecule has 0 aliphatic rings. The van der Waals surface area contributed by atoms with E-state index in [1.165, 1.54) is 17.7 Å². The zero-order chi connectivity index (χ0) is 22.4. The van der Waals surface area contributed by atoms with Gasteiger partial charge >= 0.3 is 0 Å². The van der Waals surface area contributed by atoms with Crippen molar-refractivity contribution in [3.05, 3.63) is 82.9 Å². The van der Waals surface area contributed by atoms with Crippen LogP contribution in [0.3, 0.4) is 0 Å². The SMILES string of the molecule is CCOc1ccc(C(=O)CCCc2ccc(-c3ccc(C)cc3)cc2)c(O)c1C(F)F. The van der Waals surface area contributed by atoms with E-state index in [0.29, 0.717) is 12.8 Å². The van der Waals surface area contributed by atoms with Crippen molar-refractivity contribution in [2.24, 2.45) is 0 Å². The van der Waals surface area contributed by atoms with Gasteiger partial charge in [-0.3, -0.25) is 4.79 Å². The van der Waals surface area contributed by atoms with Crippen LogP contribution in [0.2, 0.25) is 0 Å². The summed E-state index contributed by atoms with van der Waals surface area (Å²) in [7, 11) is 0. The fraction of sp³-hybridized carbons (Fsp3) is 0.269. The average molecular weight is 424 g/mol. The highest BCUT2D eigenvalue weighted by molar-refractivity contribution is 5.99. The van der Waals surface area contributed by atoms with Gasteiger partial charge < -0.3 is 9.84 Å². The summed E-state index contributed by atoms with van der Waals surface area (Å²) in [5, 5.41) is 10.2. The fourth-order valence-electron chi connectivity index (χ4n) is 3.50. The molecule has 3 rings (SSSR count). The molecule has 0 amide bonds. The first-order valence-corrected chi connectivity index (χ1v) is 10.4. The van der Waals surface area contributed by atoms with Crippen LogP contribution in [0.1, 0.15) is 53.2 Å². The number of carbonyl (C=O) groups excluding carboxylic acids is 1. The maximum absolute atomic E-state index is 13.4. The van der Waals surface area contributed by atoms with Gasteiger partial charge in [-0.15, -0.1) is 0 Å². The number of aryl methyl sites for hydroxylation is 2. The van der Waals surface area contributed by atoms with Crippen molar-refractivity contribution < 1.29 is 23.4 Å². The van der Waals surface area contributed by atoms with Gasteiger partial charge in [-0.2, -0.15) is 0 Å². The third kappa shape index (κ3) is 5.48. The number of phenols is 1. The molecule has 3 aromatic rings. The van der Waals surface area contributed by atoms with Crippen molar-refractivity contribution in [1.82, 2.24) is 0 Å². The predicted octanol–water partition coefficient (Wildman–Crippen LogP) is 6.91. The number of halogens is 2. The lowest BCUT2D eigenvalue weighted by Crippen LogP contribution is -2.05. The molecule has 0 aromatic heterocycles. The van der Waals surface area contributed by atoms with Crippen LogP contribution in [-0.4, -0.2) is 17.5 Å². The number of hydrogen-bond donors (Lipinski definition) is 1. The molecule has 0 heterocycles. The van der Waals surface area contributed by atoms with Crippen LogP contribution in [0, 0.1) is 6.92 Å². The summed E-state index contributed by atoms with van der Waals surface area (Å²) < 4.78 is 31.9. The number of aromatic hydroxyl groups is 1. The Hall–Kier alpha value is -3.21. The normalized spacial score (nSPS) is 11.0. The van der Waals surface area contributed by atoms with Crippen molar-refractivity contribution in [1.29, 1.82) is 0 Å². The lowest BCUT2D eigenvalue weighted by molar-refractivity contribution is 0.0976. The van der Waals surface area contributed by atoms with Crippen LogP contribution in [0.5, 0.6) is 11.5 Å². The van der Waals surface area contributed by atoms with E-state index >= 15 is 0 Å². The van der Waals surface area contributed by atoms with Crippen LogP contribution >= 0.6 is 0 Å². The van der Waals surface area contributed by atoms with Crippen molar-refractivity contribution in [3.63, 3.8) is 0 Å². The number of rotatable bonds is 9. The first-order chi connectivity index (χ1) is 14.9. The molecule has 3 nitrogen and oxygen atoms in total. The molecule has 0 aliphatic heterocycles. The monoisotopic (exact) mass is 424 g/mol. The van der Waals surface area contributed by atoms with Gasteiger partial charge in [0.25, 0.3) is 6.43 Å². The topological polar surface area (TPSA) is 46.5 Å². The summed E-state index contributed by atoms with van der Waals surface area (Å²) in [6, 6.07) is 19.2. The van der Waals surface area contributed by atoms with Gasteiger partial charge in [0.1, 0.15) is 17.1 Å². The number of ketones is 1. The highest BCUT2D eigenvalue weighted by Crippen LogP contribution is 2.39. The van der Waals surface area contributed by atoms with Crippen molar-refractivity contribution in [2.45, 2.75) is 39.5 Å². The molecule has 0 aliphatic carbocycles. The quantitative estimate of drug-likeness (QED) is 0.380. The second-order valence-electron chi connectivity index (χ2n) is 7.45. The number of alkyl halides is 2. The largest absolute Gasteiger partial charge is 0.507 e. The minimum Gasteiger partial charge on any atom is -0.507 e.